The molecule has 2 heteroatoms. The third-order valence-electron chi connectivity index (χ3n) is 11.2. The number of para-hydroxylation sites is 2. The molecule has 0 saturated heterocycles. The molecule has 0 unspecified atom stereocenters. The minimum Gasteiger partial charge on any atom is -0.309 e. The van der Waals surface area contributed by atoms with Gasteiger partial charge >= 0.3 is 0 Å². The Morgan fingerprint density at radius 3 is 1.60 bits per heavy atom. The van der Waals surface area contributed by atoms with Gasteiger partial charge in [0.2, 0.25) is 0 Å². The van der Waals surface area contributed by atoms with Gasteiger partial charge in [-0.05, 0) is 103 Å². The highest BCUT2D eigenvalue weighted by atomic mass is 15.0. The van der Waals surface area contributed by atoms with Gasteiger partial charge in [-0.1, -0.05) is 158 Å². The molecule has 0 radical (unpaired) electrons. The lowest BCUT2D eigenvalue weighted by atomic mass is 9.88. The lowest BCUT2D eigenvalue weighted by Crippen LogP contribution is -1.93. The van der Waals surface area contributed by atoms with Gasteiger partial charge in [0.05, 0.1) is 22.4 Å². The maximum atomic E-state index is 5.41. The molecule has 2 heterocycles. The van der Waals surface area contributed by atoms with Crippen molar-refractivity contribution >= 4 is 54.1 Å². The molecule has 0 N–H and O–H groups in total. The van der Waals surface area contributed by atoms with Crippen molar-refractivity contribution in [1.82, 2.24) is 9.55 Å². The molecular formula is C53H34N2. The first-order valence-corrected chi connectivity index (χ1v) is 18.9. The predicted molar refractivity (Wildman–Crippen MR) is 233 cm³/mol. The zero-order valence-electron chi connectivity index (χ0n) is 30.0. The summed E-state index contributed by atoms with van der Waals surface area (Å²) in [5.74, 6) is 0. The van der Waals surface area contributed by atoms with Crippen LogP contribution in [0.2, 0.25) is 0 Å². The summed E-state index contributed by atoms with van der Waals surface area (Å²) < 4.78 is 2.38. The molecule has 0 amide bonds. The first-order chi connectivity index (χ1) is 27.3. The number of nitrogens with zero attached hydrogens (tertiary/aromatic N) is 2. The van der Waals surface area contributed by atoms with Gasteiger partial charge in [-0.15, -0.1) is 0 Å². The molecule has 0 aliphatic carbocycles. The van der Waals surface area contributed by atoms with Crippen LogP contribution in [0.25, 0.3) is 105 Å². The van der Waals surface area contributed by atoms with Crippen molar-refractivity contribution in [2.24, 2.45) is 0 Å². The second-order valence-corrected chi connectivity index (χ2v) is 14.3. The van der Waals surface area contributed by atoms with Crippen LogP contribution in [0.4, 0.5) is 0 Å². The zero-order chi connectivity index (χ0) is 36.3. The molecule has 0 aliphatic rings. The fourth-order valence-corrected chi connectivity index (χ4v) is 8.63. The van der Waals surface area contributed by atoms with Crippen LogP contribution in [0.5, 0.6) is 0 Å². The SMILES string of the molecule is c1ccc(-c2cc(-c3ccccc3)nc(-c3cccc4c5ccccc5c5ccc(-c6ccc7c(c6)c6ccccc6n7-c6ccccc6)cc5c34)c2)cc1. The van der Waals surface area contributed by atoms with E-state index < -0.39 is 0 Å². The maximum absolute atomic E-state index is 5.41. The highest BCUT2D eigenvalue weighted by molar-refractivity contribution is 6.29. The van der Waals surface area contributed by atoms with Crippen LogP contribution >= 0.6 is 0 Å². The minimum atomic E-state index is 0.961. The lowest BCUT2D eigenvalue weighted by Gasteiger charge is -2.16. The Hall–Kier alpha value is -7.29. The Morgan fingerprint density at radius 1 is 0.291 bits per heavy atom. The van der Waals surface area contributed by atoms with Gasteiger partial charge in [0.15, 0.2) is 0 Å². The average Bonchev–Trinajstić information content (AvgIpc) is 3.60. The van der Waals surface area contributed by atoms with Gasteiger partial charge < -0.3 is 4.57 Å². The topological polar surface area (TPSA) is 17.8 Å². The van der Waals surface area contributed by atoms with Crippen LogP contribution in [0.15, 0.2) is 206 Å². The normalized spacial score (nSPS) is 11.6. The quantitative estimate of drug-likeness (QED) is 0.164. The third kappa shape index (κ3) is 5.15. The molecule has 256 valence electrons. The van der Waals surface area contributed by atoms with Crippen LogP contribution in [-0.4, -0.2) is 9.55 Å². The molecule has 9 aromatic carbocycles. The van der Waals surface area contributed by atoms with E-state index in [2.05, 4.69) is 211 Å². The van der Waals surface area contributed by atoms with E-state index in [9.17, 15) is 0 Å². The van der Waals surface area contributed by atoms with Crippen molar-refractivity contribution in [2.45, 2.75) is 0 Å². The Morgan fingerprint density at radius 2 is 0.836 bits per heavy atom. The smallest absolute Gasteiger partial charge is 0.0722 e. The lowest BCUT2D eigenvalue weighted by molar-refractivity contribution is 1.18. The van der Waals surface area contributed by atoms with Crippen LogP contribution in [0.1, 0.15) is 0 Å². The maximum Gasteiger partial charge on any atom is 0.0722 e. The molecule has 0 spiro atoms. The van der Waals surface area contributed by atoms with Crippen molar-refractivity contribution in [2.75, 3.05) is 0 Å². The number of hydrogen-bond acceptors (Lipinski definition) is 1. The minimum absolute atomic E-state index is 0.961. The molecule has 11 aromatic rings. The van der Waals surface area contributed by atoms with Crippen LogP contribution in [-0.2, 0) is 0 Å². The van der Waals surface area contributed by atoms with Gasteiger partial charge in [-0.25, -0.2) is 4.98 Å². The number of aromatic nitrogens is 2. The molecule has 0 saturated carbocycles. The summed E-state index contributed by atoms with van der Waals surface area (Å²) in [5.41, 5.74) is 12.4. The number of hydrogen-bond donors (Lipinski definition) is 0. The number of fused-ring (bicyclic) bond motifs is 9. The van der Waals surface area contributed by atoms with E-state index in [4.69, 9.17) is 4.98 Å². The van der Waals surface area contributed by atoms with Crippen molar-refractivity contribution in [3.8, 4) is 50.5 Å². The van der Waals surface area contributed by atoms with Crippen molar-refractivity contribution in [3.63, 3.8) is 0 Å². The Labute approximate surface area is 319 Å². The Bertz CT molecular complexity index is 3180. The fraction of sp³-hybridized carbons (Fsp3) is 0. The fourth-order valence-electron chi connectivity index (χ4n) is 8.63. The molecule has 11 rings (SSSR count). The van der Waals surface area contributed by atoms with Crippen molar-refractivity contribution < 1.29 is 0 Å². The van der Waals surface area contributed by atoms with E-state index in [1.807, 2.05) is 0 Å². The molecular weight excluding hydrogens is 665 g/mol. The van der Waals surface area contributed by atoms with Gasteiger partial charge in [0.1, 0.15) is 0 Å². The summed E-state index contributed by atoms with van der Waals surface area (Å²) >= 11 is 0. The van der Waals surface area contributed by atoms with Gasteiger partial charge in [-0.3, -0.25) is 0 Å². The van der Waals surface area contributed by atoms with E-state index in [1.54, 1.807) is 0 Å². The summed E-state index contributed by atoms with van der Waals surface area (Å²) in [7, 11) is 0. The number of rotatable bonds is 5. The predicted octanol–water partition coefficient (Wildman–Crippen LogP) is 14.3. The largest absolute Gasteiger partial charge is 0.309 e. The highest BCUT2D eigenvalue weighted by Crippen LogP contribution is 2.43. The molecule has 0 aliphatic heterocycles. The first-order valence-electron chi connectivity index (χ1n) is 18.9. The Balaban J connectivity index is 1.18. The summed E-state index contributed by atoms with van der Waals surface area (Å²) in [6.07, 6.45) is 0. The van der Waals surface area contributed by atoms with E-state index >= 15 is 0 Å². The molecule has 2 nitrogen and oxygen atoms in total. The monoisotopic (exact) mass is 698 g/mol. The van der Waals surface area contributed by atoms with E-state index in [0.29, 0.717) is 0 Å². The summed E-state index contributed by atoms with van der Waals surface area (Å²) in [4.78, 5) is 5.41. The Kier molecular flexibility index (Phi) is 7.21. The van der Waals surface area contributed by atoms with Gasteiger partial charge in [0, 0.05) is 27.6 Å². The number of benzene rings is 9. The van der Waals surface area contributed by atoms with Crippen LogP contribution in [0, 0.1) is 0 Å². The van der Waals surface area contributed by atoms with Gasteiger partial charge in [-0.2, -0.15) is 0 Å². The molecule has 0 bridgehead atoms. The second kappa shape index (κ2) is 12.7. The zero-order valence-corrected chi connectivity index (χ0v) is 30.0. The standard InChI is InChI=1S/C53H34N2/c1-4-15-35(16-5-1)39-33-49(36-17-6-2-7-18-36)54-50(34-39)46-25-14-24-45-42-22-11-10-21-41(42)43-29-27-37(32-48(43)53(45)46)38-28-30-52-47(31-38)44-23-12-13-26-51(44)55(52)40-19-8-3-9-20-40/h1-34H. The highest BCUT2D eigenvalue weighted by Gasteiger charge is 2.18. The van der Waals surface area contributed by atoms with Crippen LogP contribution in [0.3, 0.4) is 0 Å². The molecule has 0 fully saturated rings. The summed E-state index contributed by atoms with van der Waals surface area (Å²) in [6, 6.07) is 74.5. The third-order valence-corrected chi connectivity index (χ3v) is 11.2. The molecule has 55 heavy (non-hydrogen) atoms. The van der Waals surface area contributed by atoms with Crippen LogP contribution < -0.4 is 0 Å². The van der Waals surface area contributed by atoms with Crippen molar-refractivity contribution in [1.29, 1.82) is 0 Å². The van der Waals surface area contributed by atoms with Gasteiger partial charge in [0.25, 0.3) is 0 Å². The first kappa shape index (κ1) is 31.3. The van der Waals surface area contributed by atoms with E-state index in [0.717, 1.165) is 28.1 Å². The molecule has 0 atom stereocenters. The molecule has 2 aromatic heterocycles. The average molecular weight is 699 g/mol. The second-order valence-electron chi connectivity index (χ2n) is 14.3. The van der Waals surface area contributed by atoms with Crippen molar-refractivity contribution in [3.05, 3.63) is 206 Å². The summed E-state index contributed by atoms with van der Waals surface area (Å²) in [5, 5.41) is 9.91. The van der Waals surface area contributed by atoms with E-state index in [1.165, 1.54) is 76.5 Å². The van der Waals surface area contributed by atoms with E-state index in [-0.39, 0.29) is 0 Å². The number of pyridine rings is 1. The summed E-state index contributed by atoms with van der Waals surface area (Å²) in [6.45, 7) is 0.